The van der Waals surface area contributed by atoms with Gasteiger partial charge in [0.1, 0.15) is 0 Å². The Labute approximate surface area is 110 Å². The number of hydrogen-bond acceptors (Lipinski definition) is 3. The Bertz CT molecular complexity index is 500. The van der Waals surface area contributed by atoms with Crippen LogP contribution >= 0.6 is 0 Å². The first-order valence-electron chi connectivity index (χ1n) is 6.10. The van der Waals surface area contributed by atoms with Crippen molar-refractivity contribution in [3.05, 3.63) is 42.5 Å². The van der Waals surface area contributed by atoms with E-state index in [1.165, 1.54) is 0 Å². The van der Waals surface area contributed by atoms with Crippen LogP contribution < -0.4 is 0 Å². The average Bonchev–Trinajstić information content (AvgIpc) is 2.39. The lowest BCUT2D eigenvalue weighted by atomic mass is 10.2. The van der Waals surface area contributed by atoms with Crippen LogP contribution in [-0.4, -0.2) is 27.7 Å². The van der Waals surface area contributed by atoms with Crippen LogP contribution in [0.2, 0.25) is 0 Å². The molecule has 0 bridgehead atoms. The maximum Gasteiger partial charge on any atom is 0.0910 e. The summed E-state index contributed by atoms with van der Waals surface area (Å²) in [7, 11) is -1.08. The molecule has 2 unspecified atom stereocenters. The number of rotatable bonds is 5. The normalized spacial score (nSPS) is 18.2. The quantitative estimate of drug-likeness (QED) is 0.834. The highest BCUT2D eigenvalue weighted by atomic mass is 32.2. The lowest BCUT2D eigenvalue weighted by Gasteiger charge is -2.21. The molecular formula is C14H21NO2S. The monoisotopic (exact) mass is 267 g/mol. The van der Waals surface area contributed by atoms with E-state index in [-0.39, 0.29) is 0 Å². The van der Waals surface area contributed by atoms with Gasteiger partial charge in [0.15, 0.2) is 0 Å². The van der Waals surface area contributed by atoms with Crippen LogP contribution in [0.3, 0.4) is 0 Å². The predicted octanol–water partition coefficient (Wildman–Crippen LogP) is 2.86. The van der Waals surface area contributed by atoms with Crippen molar-refractivity contribution in [1.82, 2.24) is 0 Å². The fraction of sp³-hybridized carbons (Fsp3) is 0.429. The summed E-state index contributed by atoms with van der Waals surface area (Å²) < 4.78 is 17.1. The third-order valence-electron chi connectivity index (χ3n) is 2.76. The van der Waals surface area contributed by atoms with E-state index in [2.05, 4.69) is 4.36 Å². The lowest BCUT2D eigenvalue weighted by Crippen LogP contribution is -2.30. The molecule has 100 valence electrons. The van der Waals surface area contributed by atoms with Crippen LogP contribution in [-0.2, 0) is 9.73 Å². The molecule has 0 aliphatic heterocycles. The van der Waals surface area contributed by atoms with Crippen molar-refractivity contribution >= 4 is 9.73 Å². The van der Waals surface area contributed by atoms with Gasteiger partial charge in [0.2, 0.25) is 0 Å². The minimum Gasteiger partial charge on any atom is -0.392 e. The molecule has 1 aromatic rings. The first kappa shape index (κ1) is 14.9. The van der Waals surface area contributed by atoms with Crippen LogP contribution in [0.5, 0.6) is 0 Å². The fourth-order valence-electron chi connectivity index (χ4n) is 1.80. The largest absolute Gasteiger partial charge is 0.392 e. The van der Waals surface area contributed by atoms with Crippen molar-refractivity contribution in [3.8, 4) is 0 Å². The summed E-state index contributed by atoms with van der Waals surface area (Å²) in [5.41, 5.74) is 0. The molecule has 0 saturated carbocycles. The van der Waals surface area contributed by atoms with Gasteiger partial charge in [-0.15, -0.1) is 0 Å². The van der Waals surface area contributed by atoms with E-state index in [0.717, 1.165) is 6.42 Å². The minimum atomic E-state index is -2.63. The van der Waals surface area contributed by atoms with E-state index in [0.29, 0.717) is 4.90 Å². The van der Waals surface area contributed by atoms with Gasteiger partial charge in [-0.3, -0.25) is 0 Å². The third kappa shape index (κ3) is 3.21. The highest BCUT2D eigenvalue weighted by Gasteiger charge is 2.26. The second-order valence-electron chi connectivity index (χ2n) is 4.11. The molecule has 0 aromatic heterocycles. The SMILES string of the molecule is CC/C=C\C([C@@H](C)O)S(=O)(=NC)c1ccccc1. The van der Waals surface area contributed by atoms with Crippen molar-refractivity contribution in [3.63, 3.8) is 0 Å². The van der Waals surface area contributed by atoms with Crippen molar-refractivity contribution < 1.29 is 9.32 Å². The summed E-state index contributed by atoms with van der Waals surface area (Å²) in [5, 5.41) is 9.39. The molecule has 18 heavy (non-hydrogen) atoms. The van der Waals surface area contributed by atoms with E-state index in [1.807, 2.05) is 37.3 Å². The predicted molar refractivity (Wildman–Crippen MR) is 76.1 cm³/mol. The Morgan fingerprint density at radius 3 is 2.44 bits per heavy atom. The van der Waals surface area contributed by atoms with Crippen LogP contribution in [0.15, 0.2) is 51.7 Å². The molecule has 0 heterocycles. The maximum atomic E-state index is 13.0. The van der Waals surface area contributed by atoms with Crippen LogP contribution in [0.25, 0.3) is 0 Å². The first-order valence-corrected chi connectivity index (χ1v) is 7.68. The van der Waals surface area contributed by atoms with Crippen molar-refractivity contribution in [2.45, 2.75) is 36.5 Å². The van der Waals surface area contributed by atoms with Crippen molar-refractivity contribution in [2.75, 3.05) is 7.05 Å². The van der Waals surface area contributed by atoms with Crippen molar-refractivity contribution in [2.24, 2.45) is 4.36 Å². The lowest BCUT2D eigenvalue weighted by molar-refractivity contribution is 0.201. The molecule has 1 rings (SSSR count). The van der Waals surface area contributed by atoms with Gasteiger partial charge in [0.05, 0.1) is 21.1 Å². The van der Waals surface area contributed by atoms with Crippen molar-refractivity contribution in [1.29, 1.82) is 0 Å². The Morgan fingerprint density at radius 1 is 1.39 bits per heavy atom. The van der Waals surface area contributed by atoms with Gasteiger partial charge in [0.25, 0.3) is 0 Å². The number of allylic oxidation sites excluding steroid dienone is 1. The summed E-state index contributed by atoms with van der Waals surface area (Å²) in [5.74, 6) is 0. The van der Waals surface area contributed by atoms with Gasteiger partial charge in [0, 0.05) is 11.9 Å². The minimum absolute atomic E-state index is 0.482. The first-order chi connectivity index (χ1) is 8.56. The van der Waals surface area contributed by atoms with E-state index < -0.39 is 21.1 Å². The molecule has 0 radical (unpaired) electrons. The summed E-state index contributed by atoms with van der Waals surface area (Å²) >= 11 is 0. The average molecular weight is 267 g/mol. The van der Waals surface area contributed by atoms with E-state index >= 15 is 0 Å². The van der Waals surface area contributed by atoms with Gasteiger partial charge < -0.3 is 5.11 Å². The molecule has 0 spiro atoms. The second-order valence-corrected chi connectivity index (χ2v) is 6.62. The van der Waals surface area contributed by atoms with Crippen LogP contribution in [0, 0.1) is 0 Å². The van der Waals surface area contributed by atoms with E-state index in [1.54, 1.807) is 26.1 Å². The number of hydrogen-bond donors (Lipinski definition) is 1. The highest BCUT2D eigenvalue weighted by molar-refractivity contribution is 7.94. The molecule has 0 aliphatic carbocycles. The molecule has 4 heteroatoms. The Kier molecular flexibility index (Phi) is 5.56. The zero-order valence-electron chi connectivity index (χ0n) is 11.1. The molecule has 0 fully saturated rings. The number of nitrogens with zero attached hydrogens (tertiary/aromatic N) is 1. The number of aliphatic hydroxyl groups excluding tert-OH is 1. The molecule has 1 N–H and O–H groups in total. The van der Waals surface area contributed by atoms with Gasteiger partial charge in [-0.1, -0.05) is 37.3 Å². The Balaban J connectivity index is 3.30. The molecule has 0 amide bonds. The zero-order chi connectivity index (χ0) is 13.6. The molecule has 0 saturated heterocycles. The Hall–Kier alpha value is -1.13. The van der Waals surface area contributed by atoms with Gasteiger partial charge in [-0.25, -0.2) is 8.57 Å². The highest BCUT2D eigenvalue weighted by Crippen LogP contribution is 2.22. The second kappa shape index (κ2) is 6.71. The van der Waals surface area contributed by atoms with Gasteiger partial charge >= 0.3 is 0 Å². The van der Waals surface area contributed by atoms with Crippen LogP contribution in [0.4, 0.5) is 0 Å². The summed E-state index contributed by atoms with van der Waals surface area (Å²) in [6.45, 7) is 3.65. The molecule has 0 aliphatic rings. The number of benzene rings is 1. The summed E-state index contributed by atoms with van der Waals surface area (Å²) in [4.78, 5) is 0.666. The van der Waals surface area contributed by atoms with E-state index in [9.17, 15) is 9.32 Å². The molecule has 3 atom stereocenters. The maximum absolute atomic E-state index is 13.0. The summed E-state index contributed by atoms with van der Waals surface area (Å²) in [6.07, 6.45) is 3.87. The standard InChI is InChI=1S/C14H21NO2S/c1-4-5-11-14(12(2)16)18(17,15-3)13-9-7-6-8-10-13/h5-12,14,16H,4H2,1-3H3/b11-5-/t12-,14?,18?/m1/s1. The summed E-state index contributed by atoms with van der Waals surface area (Å²) in [6, 6.07) is 9.14. The zero-order valence-corrected chi connectivity index (χ0v) is 11.9. The van der Waals surface area contributed by atoms with Crippen LogP contribution in [0.1, 0.15) is 20.3 Å². The third-order valence-corrected chi connectivity index (χ3v) is 5.54. The van der Waals surface area contributed by atoms with E-state index in [4.69, 9.17) is 0 Å². The van der Waals surface area contributed by atoms with Gasteiger partial charge in [-0.2, -0.15) is 0 Å². The molecule has 1 aromatic carbocycles. The number of aliphatic hydroxyl groups is 1. The smallest absolute Gasteiger partial charge is 0.0910 e. The molecular weight excluding hydrogens is 246 g/mol. The topological polar surface area (TPSA) is 49.7 Å². The van der Waals surface area contributed by atoms with Gasteiger partial charge in [-0.05, 0) is 25.5 Å². The molecule has 3 nitrogen and oxygen atoms in total. The fourth-order valence-corrected chi connectivity index (χ4v) is 3.98. The Morgan fingerprint density at radius 2 is 2.00 bits per heavy atom.